The number of hydrogen-bond donors (Lipinski definition) is 0. The molecule has 5 nitrogen and oxygen atoms in total. The Morgan fingerprint density at radius 3 is 2.38 bits per heavy atom. The van der Waals surface area contributed by atoms with E-state index in [4.69, 9.17) is 4.74 Å². The van der Waals surface area contributed by atoms with Gasteiger partial charge in [-0.3, -0.25) is 9.59 Å². The first-order valence-electron chi connectivity index (χ1n) is 10.1. The number of ether oxygens (including phenoxy) is 1. The molecule has 0 bridgehead atoms. The summed E-state index contributed by atoms with van der Waals surface area (Å²) in [5, 5.41) is 0. The molecule has 0 N–H and O–H groups in total. The molecule has 2 aromatic carbocycles. The highest BCUT2D eigenvalue weighted by molar-refractivity contribution is 5.95. The van der Waals surface area contributed by atoms with E-state index in [1.54, 1.807) is 12.0 Å². The van der Waals surface area contributed by atoms with Crippen molar-refractivity contribution in [2.45, 2.75) is 33.2 Å². The third-order valence-electron chi connectivity index (χ3n) is 5.48. The fourth-order valence-electron chi connectivity index (χ4n) is 4.04. The maximum Gasteiger partial charge on any atom is 0.253 e. The largest absolute Gasteiger partial charge is 0.497 e. The number of carbonyl (C=O) groups excluding carboxylic acids is 2. The highest BCUT2D eigenvalue weighted by atomic mass is 16.5. The van der Waals surface area contributed by atoms with Crippen LogP contribution in [0.25, 0.3) is 0 Å². The highest BCUT2D eigenvalue weighted by Crippen LogP contribution is 2.22. The van der Waals surface area contributed by atoms with E-state index in [0.717, 1.165) is 35.3 Å². The van der Waals surface area contributed by atoms with Gasteiger partial charge in [0.1, 0.15) is 5.75 Å². The van der Waals surface area contributed by atoms with Crippen molar-refractivity contribution in [2.75, 3.05) is 27.2 Å². The number of methoxy groups -OCH3 is 1. The van der Waals surface area contributed by atoms with E-state index in [9.17, 15) is 9.59 Å². The molecule has 3 rings (SSSR count). The van der Waals surface area contributed by atoms with Crippen LogP contribution in [0.2, 0.25) is 0 Å². The first kappa shape index (κ1) is 20.9. The lowest BCUT2D eigenvalue weighted by atomic mass is 9.95. The summed E-state index contributed by atoms with van der Waals surface area (Å²) in [5.41, 5.74) is 3.93. The average molecular weight is 395 g/mol. The first-order valence-corrected chi connectivity index (χ1v) is 10.1. The normalized spacial score (nSPS) is 16.4. The minimum atomic E-state index is -0.151. The predicted octanol–water partition coefficient (Wildman–Crippen LogP) is 3.82. The fraction of sp³-hybridized carbons (Fsp3) is 0.417. The Morgan fingerprint density at radius 2 is 1.76 bits per heavy atom. The lowest BCUT2D eigenvalue weighted by molar-refractivity contribution is -0.136. The Morgan fingerprint density at radius 1 is 1.10 bits per heavy atom. The summed E-state index contributed by atoms with van der Waals surface area (Å²) in [4.78, 5) is 29.6. The Kier molecular flexibility index (Phi) is 6.57. The van der Waals surface area contributed by atoms with Gasteiger partial charge in [-0.15, -0.1) is 0 Å². The van der Waals surface area contributed by atoms with Crippen LogP contribution in [-0.4, -0.2) is 48.9 Å². The molecule has 2 aromatic rings. The zero-order chi connectivity index (χ0) is 21.0. The SMILES string of the molecule is COc1ccc(CN(C)C(=O)C2CCCN(C(=O)c3cc(C)cc(C)c3)C2)cc1. The number of carbonyl (C=O) groups is 2. The second-order valence-corrected chi connectivity index (χ2v) is 8.01. The van der Waals surface area contributed by atoms with Crippen LogP contribution < -0.4 is 4.74 Å². The van der Waals surface area contributed by atoms with Gasteiger partial charge in [0.15, 0.2) is 0 Å². The van der Waals surface area contributed by atoms with Crippen molar-refractivity contribution in [3.05, 3.63) is 64.7 Å². The van der Waals surface area contributed by atoms with Gasteiger partial charge in [-0.2, -0.15) is 0 Å². The van der Waals surface area contributed by atoms with E-state index in [1.807, 2.05) is 62.2 Å². The zero-order valence-corrected chi connectivity index (χ0v) is 17.8. The van der Waals surface area contributed by atoms with Gasteiger partial charge in [-0.25, -0.2) is 0 Å². The fourth-order valence-corrected chi connectivity index (χ4v) is 4.04. The molecule has 0 saturated carbocycles. The van der Waals surface area contributed by atoms with Crippen LogP contribution in [0.3, 0.4) is 0 Å². The van der Waals surface area contributed by atoms with Gasteiger partial charge in [-0.05, 0) is 56.5 Å². The van der Waals surface area contributed by atoms with E-state index in [0.29, 0.717) is 25.2 Å². The Labute approximate surface area is 173 Å². The molecule has 1 aliphatic rings. The summed E-state index contributed by atoms with van der Waals surface area (Å²) in [7, 11) is 3.47. The highest BCUT2D eigenvalue weighted by Gasteiger charge is 2.30. The molecule has 0 radical (unpaired) electrons. The second-order valence-electron chi connectivity index (χ2n) is 8.01. The third-order valence-corrected chi connectivity index (χ3v) is 5.48. The van der Waals surface area contributed by atoms with Crippen LogP contribution in [0.1, 0.15) is 39.9 Å². The number of rotatable bonds is 5. The molecule has 1 atom stereocenters. The van der Waals surface area contributed by atoms with E-state index in [2.05, 4.69) is 6.07 Å². The van der Waals surface area contributed by atoms with Gasteiger partial charge in [0, 0.05) is 32.2 Å². The minimum Gasteiger partial charge on any atom is -0.497 e. The molecule has 2 amide bonds. The molecule has 1 heterocycles. The molecule has 1 unspecified atom stereocenters. The predicted molar refractivity (Wildman–Crippen MR) is 114 cm³/mol. The van der Waals surface area contributed by atoms with Crippen LogP contribution in [0.15, 0.2) is 42.5 Å². The van der Waals surface area contributed by atoms with Gasteiger partial charge in [0.05, 0.1) is 13.0 Å². The second kappa shape index (κ2) is 9.12. The van der Waals surface area contributed by atoms with Crippen molar-refractivity contribution in [1.82, 2.24) is 9.80 Å². The van der Waals surface area contributed by atoms with Crippen LogP contribution in [-0.2, 0) is 11.3 Å². The van der Waals surface area contributed by atoms with Gasteiger partial charge in [0.25, 0.3) is 5.91 Å². The minimum absolute atomic E-state index is 0.0205. The zero-order valence-electron chi connectivity index (χ0n) is 17.8. The number of benzene rings is 2. The molecular formula is C24H30N2O3. The monoisotopic (exact) mass is 394 g/mol. The standard InChI is InChI=1S/C24H30N2O3/c1-17-12-18(2)14-21(13-17)24(28)26-11-5-6-20(16-26)23(27)25(3)15-19-7-9-22(29-4)10-8-19/h7-10,12-14,20H,5-6,11,15-16H2,1-4H3. The summed E-state index contributed by atoms with van der Waals surface area (Å²) in [6, 6.07) is 13.7. The van der Waals surface area contributed by atoms with E-state index < -0.39 is 0 Å². The molecule has 0 spiro atoms. The Bertz CT molecular complexity index is 856. The molecule has 29 heavy (non-hydrogen) atoms. The Balaban J connectivity index is 1.64. The van der Waals surface area contributed by atoms with Crippen molar-refractivity contribution >= 4 is 11.8 Å². The molecule has 1 saturated heterocycles. The lowest BCUT2D eigenvalue weighted by Crippen LogP contribution is -2.45. The van der Waals surface area contributed by atoms with Crippen molar-refractivity contribution in [1.29, 1.82) is 0 Å². The van der Waals surface area contributed by atoms with E-state index in [-0.39, 0.29) is 17.7 Å². The molecular weight excluding hydrogens is 364 g/mol. The number of piperidine rings is 1. The number of aryl methyl sites for hydroxylation is 2. The maximum atomic E-state index is 13.0. The van der Waals surface area contributed by atoms with Crippen molar-refractivity contribution in [3.8, 4) is 5.75 Å². The molecule has 1 aliphatic heterocycles. The lowest BCUT2D eigenvalue weighted by Gasteiger charge is -2.34. The molecule has 5 heteroatoms. The number of amides is 2. The average Bonchev–Trinajstić information content (AvgIpc) is 2.72. The van der Waals surface area contributed by atoms with Crippen LogP contribution >= 0.6 is 0 Å². The van der Waals surface area contributed by atoms with Crippen LogP contribution in [0, 0.1) is 19.8 Å². The van der Waals surface area contributed by atoms with Crippen molar-refractivity contribution in [3.63, 3.8) is 0 Å². The van der Waals surface area contributed by atoms with Gasteiger partial charge >= 0.3 is 0 Å². The third kappa shape index (κ3) is 5.17. The molecule has 154 valence electrons. The summed E-state index contributed by atoms with van der Waals surface area (Å²) in [6.45, 7) is 5.74. The molecule has 1 fully saturated rings. The van der Waals surface area contributed by atoms with Gasteiger partial charge in [0.2, 0.25) is 5.91 Å². The molecule has 0 aromatic heterocycles. The maximum absolute atomic E-state index is 13.0. The van der Waals surface area contributed by atoms with E-state index >= 15 is 0 Å². The van der Waals surface area contributed by atoms with Crippen LogP contribution in [0.4, 0.5) is 0 Å². The topological polar surface area (TPSA) is 49.9 Å². The smallest absolute Gasteiger partial charge is 0.253 e. The summed E-state index contributed by atoms with van der Waals surface area (Å²) >= 11 is 0. The van der Waals surface area contributed by atoms with Gasteiger partial charge < -0.3 is 14.5 Å². The number of hydrogen-bond acceptors (Lipinski definition) is 3. The summed E-state index contributed by atoms with van der Waals surface area (Å²) in [6.07, 6.45) is 1.67. The quantitative estimate of drug-likeness (QED) is 0.775. The van der Waals surface area contributed by atoms with E-state index in [1.165, 1.54) is 0 Å². The van der Waals surface area contributed by atoms with Gasteiger partial charge in [-0.1, -0.05) is 29.3 Å². The summed E-state index contributed by atoms with van der Waals surface area (Å²) < 4.78 is 5.18. The summed E-state index contributed by atoms with van der Waals surface area (Å²) in [5.74, 6) is 0.767. The van der Waals surface area contributed by atoms with Crippen molar-refractivity contribution in [2.24, 2.45) is 5.92 Å². The van der Waals surface area contributed by atoms with Crippen molar-refractivity contribution < 1.29 is 14.3 Å². The molecule has 0 aliphatic carbocycles. The van der Waals surface area contributed by atoms with Crippen LogP contribution in [0.5, 0.6) is 5.75 Å². The Hall–Kier alpha value is -2.82. The first-order chi connectivity index (χ1) is 13.9. The number of nitrogens with zero attached hydrogens (tertiary/aromatic N) is 2. The number of likely N-dealkylation sites (tertiary alicyclic amines) is 1.